The minimum atomic E-state index is -0.0327. The monoisotopic (exact) mass is 232 g/mol. The zero-order chi connectivity index (χ0) is 12.6. The molecule has 1 heterocycles. The summed E-state index contributed by atoms with van der Waals surface area (Å²) in [5.74, 6) is 0.207. The Morgan fingerprint density at radius 3 is 2.65 bits per heavy atom. The number of amides is 1. The maximum Gasteiger partial charge on any atom is 0.227 e. The minimum absolute atomic E-state index is 0.0327. The van der Waals surface area contributed by atoms with Crippen molar-refractivity contribution in [2.24, 2.45) is 0 Å². The maximum atomic E-state index is 11.6. The average molecular weight is 232 g/mol. The molecule has 0 fully saturated rings. The van der Waals surface area contributed by atoms with Crippen molar-refractivity contribution in [3.8, 4) is 0 Å². The number of anilines is 1. The van der Waals surface area contributed by atoms with Crippen LogP contribution in [0.1, 0.15) is 31.4 Å². The number of benzene rings is 1. The Kier molecular flexibility index (Phi) is 2.96. The molecule has 0 atom stereocenters. The number of aryl methyl sites for hydroxylation is 1. The Morgan fingerprint density at radius 2 is 2.00 bits per heavy atom. The van der Waals surface area contributed by atoms with Gasteiger partial charge in [-0.15, -0.1) is 0 Å². The van der Waals surface area contributed by atoms with Crippen LogP contribution in [0, 0.1) is 0 Å². The van der Waals surface area contributed by atoms with Gasteiger partial charge in [-0.1, -0.05) is 12.1 Å². The van der Waals surface area contributed by atoms with E-state index < -0.39 is 0 Å². The van der Waals surface area contributed by atoms with Gasteiger partial charge in [-0.3, -0.25) is 4.79 Å². The van der Waals surface area contributed by atoms with Gasteiger partial charge in [0.05, 0.1) is 0 Å². The van der Waals surface area contributed by atoms with E-state index in [1.165, 1.54) is 11.1 Å². The summed E-state index contributed by atoms with van der Waals surface area (Å²) in [5, 5.41) is 3.30. The highest BCUT2D eigenvalue weighted by atomic mass is 16.2. The summed E-state index contributed by atoms with van der Waals surface area (Å²) in [4.78, 5) is 13.4. The molecule has 0 spiro atoms. The maximum absolute atomic E-state index is 11.6. The summed E-state index contributed by atoms with van der Waals surface area (Å²) in [6.45, 7) is 4.32. The molecule has 1 aromatic rings. The van der Waals surface area contributed by atoms with E-state index in [9.17, 15) is 4.79 Å². The molecule has 1 amide bonds. The number of hydrogen-bond donors (Lipinski definition) is 1. The molecule has 2 rings (SSSR count). The predicted octanol–water partition coefficient (Wildman–Crippen LogP) is 2.05. The van der Waals surface area contributed by atoms with E-state index in [0.29, 0.717) is 6.42 Å². The third-order valence-electron chi connectivity index (χ3n) is 3.77. The van der Waals surface area contributed by atoms with E-state index in [4.69, 9.17) is 0 Å². The molecule has 17 heavy (non-hydrogen) atoms. The van der Waals surface area contributed by atoms with Crippen molar-refractivity contribution in [2.45, 2.75) is 32.2 Å². The molecular weight excluding hydrogens is 212 g/mol. The van der Waals surface area contributed by atoms with Gasteiger partial charge in [-0.05, 0) is 44.5 Å². The fourth-order valence-corrected chi connectivity index (χ4v) is 2.19. The summed E-state index contributed by atoms with van der Waals surface area (Å²) >= 11 is 0. The van der Waals surface area contributed by atoms with E-state index >= 15 is 0 Å². The highest BCUT2D eigenvalue weighted by Crippen LogP contribution is 2.30. The van der Waals surface area contributed by atoms with Crippen LogP contribution >= 0.6 is 0 Å². The van der Waals surface area contributed by atoms with Crippen LogP contribution in [0.4, 0.5) is 5.69 Å². The van der Waals surface area contributed by atoms with Gasteiger partial charge in [0.25, 0.3) is 0 Å². The van der Waals surface area contributed by atoms with Crippen molar-refractivity contribution < 1.29 is 4.79 Å². The second kappa shape index (κ2) is 4.15. The zero-order valence-electron chi connectivity index (χ0n) is 11.0. The van der Waals surface area contributed by atoms with Gasteiger partial charge in [0.15, 0.2) is 0 Å². The first-order chi connectivity index (χ1) is 7.95. The van der Waals surface area contributed by atoms with Gasteiger partial charge in [0, 0.05) is 24.7 Å². The van der Waals surface area contributed by atoms with Gasteiger partial charge >= 0.3 is 0 Å². The van der Waals surface area contributed by atoms with Crippen LogP contribution in [0.5, 0.6) is 0 Å². The van der Waals surface area contributed by atoms with E-state index in [2.05, 4.69) is 37.4 Å². The molecular formula is C14H20N2O. The van der Waals surface area contributed by atoms with Crippen LogP contribution in [0.2, 0.25) is 0 Å². The first-order valence-electron chi connectivity index (χ1n) is 6.04. The molecule has 1 N–H and O–H groups in total. The van der Waals surface area contributed by atoms with Gasteiger partial charge in [0.1, 0.15) is 0 Å². The van der Waals surface area contributed by atoms with E-state index in [1.807, 2.05) is 14.1 Å². The first-order valence-corrected chi connectivity index (χ1v) is 6.04. The number of carbonyl (C=O) groups is 1. The number of nitrogens with one attached hydrogen (secondary N) is 1. The minimum Gasteiger partial charge on any atom is -0.315 e. The molecule has 3 heteroatoms. The number of rotatable bonds is 2. The standard InChI is InChI=1S/C14H20N2O/c1-14(2,15-3)11-6-7-12-10(9-11)5-8-13(17)16(12)4/h6-7,9,15H,5,8H2,1-4H3. The van der Waals surface area contributed by atoms with E-state index in [1.54, 1.807) is 4.90 Å². The first kappa shape index (κ1) is 12.1. The summed E-state index contributed by atoms with van der Waals surface area (Å²) < 4.78 is 0. The summed E-state index contributed by atoms with van der Waals surface area (Å²) in [5.41, 5.74) is 3.56. The quantitative estimate of drug-likeness (QED) is 0.846. The third-order valence-corrected chi connectivity index (χ3v) is 3.77. The topological polar surface area (TPSA) is 32.3 Å². The Labute approximate surface area is 103 Å². The molecule has 0 radical (unpaired) electrons. The SMILES string of the molecule is CNC(C)(C)c1ccc2c(c1)CCC(=O)N2C. The third kappa shape index (κ3) is 2.07. The summed E-state index contributed by atoms with van der Waals surface area (Å²) in [6.07, 6.45) is 1.47. The van der Waals surface area contributed by atoms with Gasteiger partial charge in [0.2, 0.25) is 5.91 Å². The average Bonchev–Trinajstić information content (AvgIpc) is 2.33. The zero-order valence-corrected chi connectivity index (χ0v) is 11.0. The molecule has 1 aromatic carbocycles. The normalized spacial score (nSPS) is 16.0. The van der Waals surface area contributed by atoms with Crippen molar-refractivity contribution in [3.63, 3.8) is 0 Å². The van der Waals surface area contributed by atoms with Crippen molar-refractivity contribution in [1.82, 2.24) is 5.32 Å². The number of fused-ring (bicyclic) bond motifs is 1. The largest absolute Gasteiger partial charge is 0.315 e. The van der Waals surface area contributed by atoms with Crippen molar-refractivity contribution in [1.29, 1.82) is 0 Å². The molecule has 0 unspecified atom stereocenters. The molecule has 0 aromatic heterocycles. The van der Waals surface area contributed by atoms with Gasteiger partial charge in [-0.2, -0.15) is 0 Å². The lowest BCUT2D eigenvalue weighted by molar-refractivity contribution is -0.118. The Hall–Kier alpha value is -1.35. The molecule has 0 saturated carbocycles. The smallest absolute Gasteiger partial charge is 0.227 e. The Balaban J connectivity index is 2.42. The van der Waals surface area contributed by atoms with Crippen molar-refractivity contribution >= 4 is 11.6 Å². The Morgan fingerprint density at radius 1 is 1.29 bits per heavy atom. The van der Waals surface area contributed by atoms with Crippen LogP contribution in [-0.4, -0.2) is 20.0 Å². The number of nitrogens with zero attached hydrogens (tertiary/aromatic N) is 1. The highest BCUT2D eigenvalue weighted by Gasteiger charge is 2.24. The van der Waals surface area contributed by atoms with Crippen LogP contribution in [-0.2, 0) is 16.8 Å². The van der Waals surface area contributed by atoms with Crippen LogP contribution in [0.15, 0.2) is 18.2 Å². The number of carbonyl (C=O) groups excluding carboxylic acids is 1. The van der Waals surface area contributed by atoms with E-state index in [-0.39, 0.29) is 11.4 Å². The molecule has 1 aliphatic heterocycles. The fourth-order valence-electron chi connectivity index (χ4n) is 2.19. The molecule has 0 saturated heterocycles. The fraction of sp³-hybridized carbons (Fsp3) is 0.500. The number of hydrogen-bond acceptors (Lipinski definition) is 2. The van der Waals surface area contributed by atoms with Crippen molar-refractivity contribution in [3.05, 3.63) is 29.3 Å². The molecule has 1 aliphatic rings. The lowest BCUT2D eigenvalue weighted by Gasteiger charge is -2.30. The lowest BCUT2D eigenvalue weighted by atomic mass is 9.90. The second-order valence-corrected chi connectivity index (χ2v) is 5.17. The summed E-state index contributed by atoms with van der Waals surface area (Å²) in [7, 11) is 3.82. The Bertz CT molecular complexity index is 452. The van der Waals surface area contributed by atoms with Crippen molar-refractivity contribution in [2.75, 3.05) is 19.0 Å². The summed E-state index contributed by atoms with van der Waals surface area (Å²) in [6, 6.07) is 6.38. The lowest BCUT2D eigenvalue weighted by Crippen LogP contribution is -2.34. The van der Waals surface area contributed by atoms with Crippen LogP contribution in [0.25, 0.3) is 0 Å². The van der Waals surface area contributed by atoms with Gasteiger partial charge in [-0.25, -0.2) is 0 Å². The predicted molar refractivity (Wildman–Crippen MR) is 70.3 cm³/mol. The molecule has 0 aliphatic carbocycles. The molecule has 0 bridgehead atoms. The van der Waals surface area contributed by atoms with Gasteiger partial charge < -0.3 is 10.2 Å². The van der Waals surface area contributed by atoms with E-state index in [0.717, 1.165) is 12.1 Å². The highest BCUT2D eigenvalue weighted by molar-refractivity contribution is 5.95. The van der Waals surface area contributed by atoms with Crippen LogP contribution < -0.4 is 10.2 Å². The van der Waals surface area contributed by atoms with Crippen LogP contribution in [0.3, 0.4) is 0 Å². The molecule has 92 valence electrons. The second-order valence-electron chi connectivity index (χ2n) is 5.17. The molecule has 3 nitrogen and oxygen atoms in total.